The molecule has 0 fully saturated rings. The number of hydrogen-bond acceptors (Lipinski definition) is 5. The molecule has 0 saturated heterocycles. The van der Waals surface area contributed by atoms with Gasteiger partial charge in [0.15, 0.2) is 11.5 Å². The zero-order valence-electron chi connectivity index (χ0n) is 16.2. The number of nitrogens with zero attached hydrogens (tertiary/aromatic N) is 2. The molecule has 0 radical (unpaired) electrons. The Bertz CT molecular complexity index is 1330. The lowest BCUT2D eigenvalue weighted by Crippen LogP contribution is -2.18. The summed E-state index contributed by atoms with van der Waals surface area (Å²) in [6.45, 7) is 0.437. The van der Waals surface area contributed by atoms with E-state index in [4.69, 9.17) is 21.7 Å². The highest BCUT2D eigenvalue weighted by atomic mass is 32.1. The van der Waals surface area contributed by atoms with E-state index in [1.807, 2.05) is 48.5 Å². The van der Waals surface area contributed by atoms with E-state index < -0.39 is 0 Å². The van der Waals surface area contributed by atoms with Crippen LogP contribution in [0.3, 0.4) is 0 Å². The van der Waals surface area contributed by atoms with E-state index in [1.165, 1.54) is 4.68 Å². The smallest absolute Gasteiger partial charge is 0.282 e. The Balaban J connectivity index is 1.59. The number of para-hydroxylation sites is 1. The first-order valence-electron chi connectivity index (χ1n) is 9.29. The van der Waals surface area contributed by atoms with Crippen molar-refractivity contribution in [2.75, 3.05) is 7.11 Å². The summed E-state index contributed by atoms with van der Waals surface area (Å²) in [4.78, 5) is 15.7. The van der Waals surface area contributed by atoms with Gasteiger partial charge in [0.25, 0.3) is 5.56 Å². The third-order valence-electron chi connectivity index (χ3n) is 4.53. The quantitative estimate of drug-likeness (QED) is 0.370. The monoisotopic (exact) mass is 417 g/mol. The van der Waals surface area contributed by atoms with Crippen LogP contribution in [0.4, 0.5) is 0 Å². The van der Waals surface area contributed by atoms with Crippen molar-refractivity contribution in [3.8, 4) is 11.5 Å². The molecule has 3 aromatic carbocycles. The number of rotatable bonds is 6. The van der Waals surface area contributed by atoms with Crippen LogP contribution in [0.25, 0.3) is 10.9 Å². The SMILES string of the molecule is COc1cc(/C=N/n2c(=S)[nH]c3ccccc3c2=O)ccc1OCc1ccccc1. The highest BCUT2D eigenvalue weighted by molar-refractivity contribution is 7.71. The summed E-state index contributed by atoms with van der Waals surface area (Å²) in [5.41, 5.74) is 2.21. The molecular weight excluding hydrogens is 398 g/mol. The molecule has 6 nitrogen and oxygen atoms in total. The Kier molecular flexibility index (Phi) is 5.72. The number of aromatic amines is 1. The second kappa shape index (κ2) is 8.75. The van der Waals surface area contributed by atoms with Gasteiger partial charge in [-0.3, -0.25) is 4.79 Å². The maximum Gasteiger partial charge on any atom is 0.282 e. The summed E-state index contributed by atoms with van der Waals surface area (Å²) in [6, 6.07) is 22.5. The number of hydrogen-bond donors (Lipinski definition) is 1. The van der Waals surface area contributed by atoms with E-state index in [1.54, 1.807) is 37.6 Å². The summed E-state index contributed by atoms with van der Waals surface area (Å²) in [6.07, 6.45) is 1.56. The summed E-state index contributed by atoms with van der Waals surface area (Å²) >= 11 is 5.28. The molecule has 1 N–H and O–H groups in total. The summed E-state index contributed by atoms with van der Waals surface area (Å²) < 4.78 is 12.7. The molecule has 0 bridgehead atoms. The van der Waals surface area contributed by atoms with E-state index in [2.05, 4.69) is 10.1 Å². The van der Waals surface area contributed by atoms with Crippen LogP contribution in [0.2, 0.25) is 0 Å². The van der Waals surface area contributed by atoms with Gasteiger partial charge in [-0.15, -0.1) is 0 Å². The number of benzene rings is 3. The fourth-order valence-corrected chi connectivity index (χ4v) is 3.24. The predicted octanol–water partition coefficient (Wildman–Crippen LogP) is 4.53. The highest BCUT2D eigenvalue weighted by Crippen LogP contribution is 2.28. The molecule has 1 aromatic heterocycles. The maximum absolute atomic E-state index is 12.7. The van der Waals surface area contributed by atoms with E-state index in [0.29, 0.717) is 29.0 Å². The van der Waals surface area contributed by atoms with Gasteiger partial charge in [0, 0.05) is 0 Å². The molecule has 7 heteroatoms. The molecule has 0 aliphatic rings. The third-order valence-corrected chi connectivity index (χ3v) is 4.81. The molecule has 1 heterocycles. The third kappa shape index (κ3) is 4.16. The van der Waals surface area contributed by atoms with Crippen LogP contribution in [0, 0.1) is 4.77 Å². The Labute approximate surface area is 178 Å². The predicted molar refractivity (Wildman–Crippen MR) is 120 cm³/mol. The van der Waals surface area contributed by atoms with Gasteiger partial charge in [-0.1, -0.05) is 42.5 Å². The lowest BCUT2D eigenvalue weighted by molar-refractivity contribution is 0.284. The standard InChI is InChI=1S/C23H19N3O3S/c1-28-21-13-17(11-12-20(21)29-15-16-7-3-2-4-8-16)14-24-26-22(27)18-9-5-6-10-19(18)25-23(26)30/h2-14H,15H2,1H3,(H,25,30)/b24-14+. The highest BCUT2D eigenvalue weighted by Gasteiger charge is 2.07. The van der Waals surface area contributed by atoms with Gasteiger partial charge in [0.2, 0.25) is 4.77 Å². The fraction of sp³-hybridized carbons (Fsp3) is 0.0870. The van der Waals surface area contributed by atoms with Crippen molar-refractivity contribution in [2.45, 2.75) is 6.61 Å². The van der Waals surface area contributed by atoms with Crippen molar-refractivity contribution in [3.63, 3.8) is 0 Å². The molecule has 0 aliphatic heterocycles. The van der Waals surface area contributed by atoms with Crippen molar-refractivity contribution in [2.24, 2.45) is 5.10 Å². The van der Waals surface area contributed by atoms with Gasteiger partial charge in [0.1, 0.15) is 6.61 Å². The van der Waals surface area contributed by atoms with E-state index in [-0.39, 0.29) is 10.3 Å². The lowest BCUT2D eigenvalue weighted by atomic mass is 10.2. The minimum absolute atomic E-state index is 0.227. The molecule has 0 unspecified atom stereocenters. The van der Waals surface area contributed by atoms with Gasteiger partial charge in [-0.2, -0.15) is 9.78 Å². The van der Waals surface area contributed by atoms with Gasteiger partial charge in [-0.25, -0.2) is 0 Å². The molecule has 0 aliphatic carbocycles. The zero-order chi connectivity index (χ0) is 20.9. The average Bonchev–Trinajstić information content (AvgIpc) is 2.78. The second-order valence-electron chi connectivity index (χ2n) is 6.52. The molecule has 0 spiro atoms. The van der Waals surface area contributed by atoms with Crippen LogP contribution in [0.5, 0.6) is 11.5 Å². The van der Waals surface area contributed by atoms with Gasteiger partial charge in [0.05, 0.1) is 24.2 Å². The first-order chi connectivity index (χ1) is 14.7. The van der Waals surface area contributed by atoms with Crippen LogP contribution in [-0.4, -0.2) is 23.0 Å². The van der Waals surface area contributed by atoms with Crippen molar-refractivity contribution >= 4 is 29.3 Å². The topological polar surface area (TPSA) is 68.6 Å². The molecule has 150 valence electrons. The average molecular weight is 417 g/mol. The van der Waals surface area contributed by atoms with Crippen molar-refractivity contribution in [1.82, 2.24) is 9.66 Å². The fourth-order valence-electron chi connectivity index (χ4n) is 3.00. The number of fused-ring (bicyclic) bond motifs is 1. The van der Waals surface area contributed by atoms with Gasteiger partial charge >= 0.3 is 0 Å². The van der Waals surface area contributed by atoms with E-state index in [9.17, 15) is 4.79 Å². The van der Waals surface area contributed by atoms with Crippen molar-refractivity contribution in [3.05, 3.63) is 99.0 Å². The Morgan fingerprint density at radius 3 is 2.60 bits per heavy atom. The summed E-state index contributed by atoms with van der Waals surface area (Å²) in [5.74, 6) is 1.20. The largest absolute Gasteiger partial charge is 0.493 e. The number of H-pyrrole nitrogens is 1. The van der Waals surface area contributed by atoms with E-state index >= 15 is 0 Å². The molecule has 4 rings (SSSR count). The maximum atomic E-state index is 12.7. The first kappa shape index (κ1) is 19.6. The molecule has 0 atom stereocenters. The zero-order valence-corrected chi connectivity index (χ0v) is 17.1. The summed E-state index contributed by atoms with van der Waals surface area (Å²) in [5, 5.41) is 4.79. The van der Waals surface area contributed by atoms with E-state index in [0.717, 1.165) is 11.1 Å². The minimum Gasteiger partial charge on any atom is -0.493 e. The summed E-state index contributed by atoms with van der Waals surface area (Å²) in [7, 11) is 1.58. The second-order valence-corrected chi connectivity index (χ2v) is 6.91. The lowest BCUT2D eigenvalue weighted by Gasteiger charge is -2.11. The molecule has 30 heavy (non-hydrogen) atoms. The van der Waals surface area contributed by atoms with Crippen LogP contribution < -0.4 is 15.0 Å². The van der Waals surface area contributed by atoms with Gasteiger partial charge in [-0.05, 0) is 53.7 Å². The van der Waals surface area contributed by atoms with Crippen molar-refractivity contribution in [1.29, 1.82) is 0 Å². The van der Waals surface area contributed by atoms with Crippen LogP contribution >= 0.6 is 12.2 Å². The van der Waals surface area contributed by atoms with Crippen LogP contribution in [-0.2, 0) is 6.61 Å². The van der Waals surface area contributed by atoms with Crippen LogP contribution in [0.1, 0.15) is 11.1 Å². The van der Waals surface area contributed by atoms with Crippen molar-refractivity contribution < 1.29 is 9.47 Å². The van der Waals surface area contributed by atoms with Gasteiger partial charge < -0.3 is 14.5 Å². The number of nitrogens with one attached hydrogen (secondary N) is 1. The molecule has 0 amide bonds. The molecule has 4 aromatic rings. The Morgan fingerprint density at radius 1 is 1.03 bits per heavy atom. The minimum atomic E-state index is -0.277. The normalized spacial score (nSPS) is 11.1. The van der Waals surface area contributed by atoms with Crippen LogP contribution in [0.15, 0.2) is 82.7 Å². The Hall–Kier alpha value is -3.71. The molecule has 0 saturated carbocycles. The first-order valence-corrected chi connectivity index (χ1v) is 9.70. The molecular formula is C23H19N3O3S. The Morgan fingerprint density at radius 2 is 1.80 bits per heavy atom. The number of aromatic nitrogens is 2. The number of ether oxygens (including phenoxy) is 2. The number of methoxy groups -OCH3 is 1.